The second-order valence-corrected chi connectivity index (χ2v) is 6.14. The zero-order valence-corrected chi connectivity index (χ0v) is 11.7. The molecule has 0 N–H and O–H groups in total. The van der Waals surface area contributed by atoms with Gasteiger partial charge in [0.2, 0.25) is 0 Å². The fourth-order valence-corrected chi connectivity index (χ4v) is 3.01. The minimum atomic E-state index is -4.00. The van der Waals surface area contributed by atoms with Crippen molar-refractivity contribution in [1.29, 1.82) is 0 Å². The first-order chi connectivity index (χ1) is 9.84. The Kier molecular flexibility index (Phi) is 3.90. The predicted octanol–water partition coefficient (Wildman–Crippen LogP) is 2.56. The topological polar surface area (TPSA) is 80.5 Å². The second kappa shape index (κ2) is 5.49. The Bertz CT molecular complexity index is 778. The summed E-state index contributed by atoms with van der Waals surface area (Å²) in [5.74, 6) is -0.759. The van der Waals surface area contributed by atoms with E-state index in [2.05, 4.69) is 0 Å². The number of benzene rings is 2. The van der Waals surface area contributed by atoms with E-state index in [1.807, 2.05) is 0 Å². The van der Waals surface area contributed by atoms with Crippen LogP contribution in [0.2, 0.25) is 0 Å². The Morgan fingerprint density at radius 3 is 2.33 bits per heavy atom. The van der Waals surface area contributed by atoms with E-state index in [0.717, 1.165) is 25.2 Å². The van der Waals surface area contributed by atoms with Crippen molar-refractivity contribution in [3.8, 4) is 0 Å². The molecule has 8 heteroatoms. The lowest BCUT2D eigenvalue weighted by Gasteiger charge is -2.19. The highest BCUT2D eigenvalue weighted by atomic mass is 32.2. The van der Waals surface area contributed by atoms with E-state index < -0.39 is 26.5 Å². The molecule has 0 aliphatic rings. The molecule has 0 atom stereocenters. The molecule has 2 rings (SSSR count). The first-order valence-corrected chi connectivity index (χ1v) is 7.26. The Labute approximate surface area is 120 Å². The van der Waals surface area contributed by atoms with Gasteiger partial charge in [-0.2, -0.15) is 0 Å². The van der Waals surface area contributed by atoms with Gasteiger partial charge in [0.25, 0.3) is 15.7 Å². The fourth-order valence-electron chi connectivity index (χ4n) is 1.78. The van der Waals surface area contributed by atoms with Crippen molar-refractivity contribution in [2.45, 2.75) is 4.90 Å². The summed E-state index contributed by atoms with van der Waals surface area (Å²) in [7, 11) is -2.86. The van der Waals surface area contributed by atoms with Crippen LogP contribution in [-0.2, 0) is 10.0 Å². The number of halogens is 1. The van der Waals surface area contributed by atoms with Crippen LogP contribution < -0.4 is 4.31 Å². The third kappa shape index (κ3) is 2.84. The van der Waals surface area contributed by atoms with Gasteiger partial charge in [-0.25, -0.2) is 12.8 Å². The van der Waals surface area contributed by atoms with Gasteiger partial charge in [0.1, 0.15) is 11.5 Å². The van der Waals surface area contributed by atoms with Gasteiger partial charge in [0.15, 0.2) is 0 Å². The molecule has 21 heavy (non-hydrogen) atoms. The van der Waals surface area contributed by atoms with Crippen LogP contribution in [0.5, 0.6) is 0 Å². The number of nitro benzene ring substituents is 1. The molecule has 0 spiro atoms. The quantitative estimate of drug-likeness (QED) is 0.642. The van der Waals surface area contributed by atoms with E-state index in [9.17, 15) is 22.9 Å². The summed E-state index contributed by atoms with van der Waals surface area (Å²) in [4.78, 5) is 10.2. The molecule has 0 aliphatic carbocycles. The molecule has 0 saturated heterocycles. The van der Waals surface area contributed by atoms with Gasteiger partial charge in [0.05, 0.1) is 9.82 Å². The average molecular weight is 310 g/mol. The fraction of sp³-hybridized carbons (Fsp3) is 0.0769. The van der Waals surface area contributed by atoms with Gasteiger partial charge in [-0.05, 0) is 18.2 Å². The van der Waals surface area contributed by atoms with Gasteiger partial charge in [0, 0.05) is 19.2 Å². The van der Waals surface area contributed by atoms with Crippen LogP contribution >= 0.6 is 0 Å². The van der Waals surface area contributed by atoms with Crippen LogP contribution in [0.25, 0.3) is 0 Å². The second-order valence-electron chi connectivity index (χ2n) is 4.18. The summed E-state index contributed by atoms with van der Waals surface area (Å²) < 4.78 is 38.8. The summed E-state index contributed by atoms with van der Waals surface area (Å²) in [6, 6.07) is 10.1. The molecule has 0 radical (unpaired) electrons. The molecule has 6 nitrogen and oxygen atoms in total. The van der Waals surface area contributed by atoms with Crippen LogP contribution in [0.3, 0.4) is 0 Å². The van der Waals surface area contributed by atoms with Crippen LogP contribution in [-0.4, -0.2) is 20.4 Å². The summed E-state index contributed by atoms with van der Waals surface area (Å²) in [5, 5.41) is 11.0. The van der Waals surface area contributed by atoms with Crippen molar-refractivity contribution < 1.29 is 17.7 Å². The minimum Gasteiger partial charge on any atom is -0.262 e. The lowest BCUT2D eigenvalue weighted by molar-refractivity contribution is -0.384. The third-order valence-corrected chi connectivity index (χ3v) is 4.66. The van der Waals surface area contributed by atoms with Gasteiger partial charge < -0.3 is 0 Å². The highest BCUT2D eigenvalue weighted by molar-refractivity contribution is 7.92. The summed E-state index contributed by atoms with van der Waals surface area (Å²) in [5.41, 5.74) is -0.817. The molecule has 110 valence electrons. The molecule has 0 unspecified atom stereocenters. The highest BCUT2D eigenvalue weighted by Gasteiger charge is 2.27. The van der Waals surface area contributed by atoms with E-state index in [1.165, 1.54) is 24.3 Å². The Morgan fingerprint density at radius 1 is 1.14 bits per heavy atom. The Morgan fingerprint density at radius 2 is 1.76 bits per heavy atom. The zero-order chi connectivity index (χ0) is 15.6. The largest absolute Gasteiger partial charge is 0.293 e. The molecule has 0 heterocycles. The van der Waals surface area contributed by atoms with Crippen LogP contribution in [0, 0.1) is 15.9 Å². The number of hydrogen-bond donors (Lipinski definition) is 0. The molecule has 0 saturated carbocycles. The van der Waals surface area contributed by atoms with E-state index in [0.29, 0.717) is 4.31 Å². The standard InChI is InChI=1S/C13H11FN2O4S/c1-15(21(19,20)11-5-3-2-4-6-11)13-9-10(14)7-8-12(13)16(17)18/h2-9H,1H3. The van der Waals surface area contributed by atoms with E-state index in [1.54, 1.807) is 6.07 Å². The molecule has 2 aromatic carbocycles. The smallest absolute Gasteiger partial charge is 0.262 e. The van der Waals surface area contributed by atoms with Crippen LogP contribution in [0.15, 0.2) is 53.4 Å². The van der Waals surface area contributed by atoms with Crippen LogP contribution in [0.1, 0.15) is 0 Å². The lowest BCUT2D eigenvalue weighted by Crippen LogP contribution is -2.27. The molecular formula is C13H11FN2O4S. The van der Waals surface area contributed by atoms with E-state index in [-0.39, 0.29) is 10.6 Å². The van der Waals surface area contributed by atoms with E-state index >= 15 is 0 Å². The first kappa shape index (κ1) is 14.9. The minimum absolute atomic E-state index is 0.0361. The van der Waals surface area contributed by atoms with Gasteiger partial charge in [-0.15, -0.1) is 0 Å². The van der Waals surface area contributed by atoms with Gasteiger partial charge in [-0.3, -0.25) is 14.4 Å². The number of anilines is 1. The van der Waals surface area contributed by atoms with Crippen molar-refractivity contribution in [3.05, 3.63) is 64.5 Å². The maximum atomic E-state index is 13.3. The van der Waals surface area contributed by atoms with Crippen molar-refractivity contribution in [1.82, 2.24) is 0 Å². The zero-order valence-electron chi connectivity index (χ0n) is 10.9. The average Bonchev–Trinajstić information content (AvgIpc) is 2.46. The number of rotatable bonds is 4. The number of nitro groups is 1. The number of sulfonamides is 1. The van der Waals surface area contributed by atoms with E-state index in [4.69, 9.17) is 0 Å². The summed E-state index contributed by atoms with van der Waals surface area (Å²) >= 11 is 0. The Balaban J connectivity index is 2.57. The monoisotopic (exact) mass is 310 g/mol. The molecule has 0 aliphatic heterocycles. The normalized spacial score (nSPS) is 11.1. The predicted molar refractivity (Wildman–Crippen MR) is 75.1 cm³/mol. The SMILES string of the molecule is CN(c1cc(F)ccc1[N+](=O)[O-])S(=O)(=O)c1ccccc1. The maximum absolute atomic E-state index is 13.3. The molecule has 0 aromatic heterocycles. The molecule has 0 amide bonds. The number of hydrogen-bond acceptors (Lipinski definition) is 4. The van der Waals surface area contributed by atoms with Crippen molar-refractivity contribution >= 4 is 21.4 Å². The van der Waals surface area contributed by atoms with Crippen LogP contribution in [0.4, 0.5) is 15.8 Å². The Hall–Kier alpha value is -2.48. The summed E-state index contributed by atoms with van der Waals surface area (Å²) in [6.45, 7) is 0. The first-order valence-electron chi connectivity index (χ1n) is 5.82. The summed E-state index contributed by atoms with van der Waals surface area (Å²) in [6.07, 6.45) is 0. The van der Waals surface area contributed by atoms with Gasteiger partial charge in [-0.1, -0.05) is 18.2 Å². The molecule has 0 bridgehead atoms. The molecular weight excluding hydrogens is 299 g/mol. The molecule has 2 aromatic rings. The van der Waals surface area contributed by atoms with Gasteiger partial charge >= 0.3 is 0 Å². The lowest BCUT2D eigenvalue weighted by atomic mass is 10.2. The molecule has 0 fully saturated rings. The van der Waals surface area contributed by atoms with Crippen molar-refractivity contribution in [3.63, 3.8) is 0 Å². The van der Waals surface area contributed by atoms with Crippen molar-refractivity contribution in [2.75, 3.05) is 11.4 Å². The third-order valence-electron chi connectivity index (χ3n) is 2.88. The number of nitrogens with zero attached hydrogens (tertiary/aromatic N) is 2. The highest BCUT2D eigenvalue weighted by Crippen LogP contribution is 2.31. The van der Waals surface area contributed by atoms with Crippen molar-refractivity contribution in [2.24, 2.45) is 0 Å². The maximum Gasteiger partial charge on any atom is 0.293 e.